The Kier molecular flexibility index (Phi) is 10.6. The SMILES string of the molecule is CCCC(CCC)C(=O)OCCCCCCOC(=O)n1ccnc1. The number of esters is 1. The fourth-order valence-corrected chi connectivity index (χ4v) is 2.53. The zero-order valence-corrected chi connectivity index (χ0v) is 14.9. The quantitative estimate of drug-likeness (QED) is 0.422. The van der Waals surface area contributed by atoms with Gasteiger partial charge in [-0.3, -0.25) is 4.79 Å². The summed E-state index contributed by atoms with van der Waals surface area (Å²) in [7, 11) is 0. The van der Waals surface area contributed by atoms with Crippen LogP contribution in [0, 0.1) is 5.92 Å². The number of carbonyl (C=O) groups excluding carboxylic acids is 2. The number of hydrogen-bond acceptors (Lipinski definition) is 5. The molecule has 0 amide bonds. The van der Waals surface area contributed by atoms with Gasteiger partial charge in [0.1, 0.15) is 6.33 Å². The smallest absolute Gasteiger partial charge is 0.419 e. The van der Waals surface area contributed by atoms with Crippen LogP contribution in [0.2, 0.25) is 0 Å². The van der Waals surface area contributed by atoms with Crippen LogP contribution in [0.1, 0.15) is 65.2 Å². The van der Waals surface area contributed by atoms with Crippen LogP contribution in [-0.2, 0) is 14.3 Å². The fraction of sp³-hybridized carbons (Fsp3) is 0.722. The number of ether oxygens (including phenoxy) is 2. The Morgan fingerprint density at radius 2 is 1.62 bits per heavy atom. The topological polar surface area (TPSA) is 70.4 Å². The van der Waals surface area contributed by atoms with E-state index in [1.54, 1.807) is 6.20 Å². The number of aromatic nitrogens is 2. The first-order valence-electron chi connectivity index (χ1n) is 9.00. The molecule has 0 spiro atoms. The number of nitrogens with zero attached hydrogens (tertiary/aromatic N) is 2. The van der Waals surface area contributed by atoms with Gasteiger partial charge in [-0.05, 0) is 38.5 Å². The fourth-order valence-electron chi connectivity index (χ4n) is 2.53. The van der Waals surface area contributed by atoms with Crippen LogP contribution in [0.25, 0.3) is 0 Å². The largest absolute Gasteiger partial charge is 0.465 e. The van der Waals surface area contributed by atoms with Crippen molar-refractivity contribution in [2.75, 3.05) is 13.2 Å². The minimum Gasteiger partial charge on any atom is -0.465 e. The van der Waals surface area contributed by atoms with Crippen molar-refractivity contribution < 1.29 is 19.1 Å². The third-order valence-electron chi connectivity index (χ3n) is 3.83. The maximum absolute atomic E-state index is 12.0. The normalized spacial score (nSPS) is 10.8. The van der Waals surface area contributed by atoms with E-state index < -0.39 is 6.09 Å². The van der Waals surface area contributed by atoms with Crippen LogP contribution >= 0.6 is 0 Å². The molecule has 0 saturated carbocycles. The molecule has 0 N–H and O–H groups in total. The van der Waals surface area contributed by atoms with Gasteiger partial charge in [0.15, 0.2) is 0 Å². The van der Waals surface area contributed by atoms with Gasteiger partial charge in [-0.15, -0.1) is 0 Å². The van der Waals surface area contributed by atoms with Crippen LogP contribution in [0.5, 0.6) is 0 Å². The molecule has 1 heterocycles. The molecule has 0 aliphatic heterocycles. The molecular formula is C18H30N2O4. The molecule has 0 saturated heterocycles. The van der Waals surface area contributed by atoms with Gasteiger partial charge in [0, 0.05) is 12.4 Å². The average Bonchev–Trinajstić information content (AvgIpc) is 3.11. The maximum atomic E-state index is 12.0. The number of carbonyl (C=O) groups is 2. The lowest BCUT2D eigenvalue weighted by Crippen LogP contribution is -2.18. The minimum atomic E-state index is -0.403. The van der Waals surface area contributed by atoms with E-state index >= 15 is 0 Å². The molecule has 0 atom stereocenters. The predicted molar refractivity (Wildman–Crippen MR) is 91.7 cm³/mol. The highest BCUT2D eigenvalue weighted by molar-refractivity contribution is 5.72. The van der Waals surface area contributed by atoms with Gasteiger partial charge in [-0.1, -0.05) is 26.7 Å². The van der Waals surface area contributed by atoms with Gasteiger partial charge in [-0.2, -0.15) is 0 Å². The summed E-state index contributed by atoms with van der Waals surface area (Å²) in [6.07, 6.45) is 11.5. The molecule has 6 nitrogen and oxygen atoms in total. The monoisotopic (exact) mass is 338 g/mol. The number of imidazole rings is 1. The van der Waals surface area contributed by atoms with E-state index in [2.05, 4.69) is 18.8 Å². The zero-order valence-electron chi connectivity index (χ0n) is 14.9. The molecule has 0 bridgehead atoms. The molecule has 0 aromatic carbocycles. The van der Waals surface area contributed by atoms with Crippen molar-refractivity contribution >= 4 is 12.1 Å². The summed E-state index contributed by atoms with van der Waals surface area (Å²) in [4.78, 5) is 27.3. The second kappa shape index (κ2) is 12.6. The van der Waals surface area contributed by atoms with Crippen LogP contribution in [0.3, 0.4) is 0 Å². The highest BCUT2D eigenvalue weighted by Crippen LogP contribution is 2.15. The van der Waals surface area contributed by atoms with Crippen molar-refractivity contribution in [3.63, 3.8) is 0 Å². The molecule has 0 aliphatic carbocycles. The third kappa shape index (κ3) is 8.13. The van der Waals surface area contributed by atoms with Crippen molar-refractivity contribution in [2.24, 2.45) is 5.92 Å². The highest BCUT2D eigenvalue weighted by atomic mass is 16.5. The van der Waals surface area contributed by atoms with E-state index in [4.69, 9.17) is 9.47 Å². The highest BCUT2D eigenvalue weighted by Gasteiger charge is 2.17. The maximum Gasteiger partial charge on any atom is 0.419 e. The molecule has 1 aromatic heterocycles. The molecule has 136 valence electrons. The molecule has 0 aliphatic rings. The van der Waals surface area contributed by atoms with E-state index in [0.717, 1.165) is 51.4 Å². The van der Waals surface area contributed by atoms with E-state index in [1.165, 1.54) is 17.1 Å². The van der Waals surface area contributed by atoms with Crippen molar-refractivity contribution in [3.05, 3.63) is 18.7 Å². The Labute approximate surface area is 144 Å². The Balaban J connectivity index is 2.00. The molecule has 1 aromatic rings. The van der Waals surface area contributed by atoms with Crippen molar-refractivity contribution in [3.8, 4) is 0 Å². The van der Waals surface area contributed by atoms with Crippen LogP contribution < -0.4 is 0 Å². The Hall–Kier alpha value is -1.85. The summed E-state index contributed by atoms with van der Waals surface area (Å²) >= 11 is 0. The van der Waals surface area contributed by atoms with E-state index in [-0.39, 0.29) is 11.9 Å². The van der Waals surface area contributed by atoms with E-state index in [9.17, 15) is 9.59 Å². The summed E-state index contributed by atoms with van der Waals surface area (Å²) < 4.78 is 11.8. The standard InChI is InChI=1S/C18H30N2O4/c1-3-9-16(10-4-2)17(21)23-13-7-5-6-8-14-24-18(22)20-12-11-19-15-20/h11-12,15-16H,3-10,13-14H2,1-2H3. The van der Waals surface area contributed by atoms with Gasteiger partial charge in [-0.25, -0.2) is 14.3 Å². The summed E-state index contributed by atoms with van der Waals surface area (Å²) in [5.41, 5.74) is 0. The Morgan fingerprint density at radius 1 is 1.00 bits per heavy atom. The van der Waals surface area contributed by atoms with Gasteiger partial charge < -0.3 is 9.47 Å². The lowest BCUT2D eigenvalue weighted by Gasteiger charge is -2.14. The lowest BCUT2D eigenvalue weighted by molar-refractivity contribution is -0.149. The van der Waals surface area contributed by atoms with Crippen molar-refractivity contribution in [1.29, 1.82) is 0 Å². The zero-order chi connectivity index (χ0) is 17.6. The predicted octanol–water partition coefficient (Wildman–Crippen LogP) is 4.19. The summed E-state index contributed by atoms with van der Waals surface area (Å²) in [5, 5.41) is 0. The van der Waals surface area contributed by atoms with E-state index in [0.29, 0.717) is 13.2 Å². The van der Waals surface area contributed by atoms with Crippen LogP contribution in [-0.4, -0.2) is 34.8 Å². The minimum absolute atomic E-state index is 0.0482. The van der Waals surface area contributed by atoms with Gasteiger partial charge >= 0.3 is 12.1 Å². The number of rotatable bonds is 12. The lowest BCUT2D eigenvalue weighted by atomic mass is 9.99. The number of unbranched alkanes of at least 4 members (excludes halogenated alkanes) is 3. The van der Waals surface area contributed by atoms with Crippen molar-refractivity contribution in [2.45, 2.75) is 65.2 Å². The van der Waals surface area contributed by atoms with Gasteiger partial charge in [0.25, 0.3) is 0 Å². The first kappa shape index (κ1) is 20.2. The molecule has 0 unspecified atom stereocenters. The molecule has 0 fully saturated rings. The summed E-state index contributed by atoms with van der Waals surface area (Å²) in [5.74, 6) is 0.00977. The summed E-state index contributed by atoms with van der Waals surface area (Å²) in [6.45, 7) is 5.06. The van der Waals surface area contributed by atoms with Crippen molar-refractivity contribution in [1.82, 2.24) is 9.55 Å². The molecule has 24 heavy (non-hydrogen) atoms. The average molecular weight is 338 g/mol. The van der Waals surface area contributed by atoms with Gasteiger partial charge in [0.05, 0.1) is 19.1 Å². The Morgan fingerprint density at radius 3 is 2.17 bits per heavy atom. The molecule has 6 heteroatoms. The molecule has 1 rings (SSSR count). The summed E-state index contributed by atoms with van der Waals surface area (Å²) in [6, 6.07) is 0. The Bertz CT molecular complexity index is 454. The van der Waals surface area contributed by atoms with Gasteiger partial charge in [0.2, 0.25) is 0 Å². The molecular weight excluding hydrogens is 308 g/mol. The van der Waals surface area contributed by atoms with Crippen LogP contribution in [0.4, 0.5) is 4.79 Å². The second-order valence-corrected chi connectivity index (χ2v) is 5.94. The first-order valence-corrected chi connectivity index (χ1v) is 9.00. The molecule has 0 radical (unpaired) electrons. The van der Waals surface area contributed by atoms with Crippen LogP contribution in [0.15, 0.2) is 18.7 Å². The first-order chi connectivity index (χ1) is 11.7. The second-order valence-electron chi connectivity index (χ2n) is 5.94. The number of hydrogen-bond donors (Lipinski definition) is 0. The third-order valence-corrected chi connectivity index (χ3v) is 3.83. The van der Waals surface area contributed by atoms with E-state index in [1.807, 2.05) is 0 Å².